The number of carbonyl (C=O) groups is 2. The van der Waals surface area contributed by atoms with Crippen LogP contribution in [0.2, 0.25) is 0 Å². The number of fused-ring (bicyclic) bond motifs is 4. The van der Waals surface area contributed by atoms with E-state index < -0.39 is 11.6 Å². The molecule has 0 aliphatic heterocycles. The lowest BCUT2D eigenvalue weighted by molar-refractivity contribution is 0.0975. The predicted octanol–water partition coefficient (Wildman–Crippen LogP) is 7.24. The number of aromatic hydroxyl groups is 2. The summed E-state index contributed by atoms with van der Waals surface area (Å²) in [6.45, 7) is 1.61. The van der Waals surface area contributed by atoms with Crippen molar-refractivity contribution in [1.82, 2.24) is 0 Å². The Hall–Kier alpha value is -6.28. The summed E-state index contributed by atoms with van der Waals surface area (Å²) >= 11 is 0. The van der Waals surface area contributed by atoms with E-state index in [0.29, 0.717) is 37.6 Å². The molecule has 0 spiro atoms. The Morgan fingerprint density at radius 1 is 0.500 bits per heavy atom. The summed E-state index contributed by atoms with van der Waals surface area (Å²) in [4.78, 5) is 37.0. The highest BCUT2D eigenvalue weighted by Gasteiger charge is 2.37. The van der Waals surface area contributed by atoms with Gasteiger partial charge in [-0.05, 0) is 45.8 Å². The van der Waals surface area contributed by atoms with Crippen molar-refractivity contribution in [2.24, 2.45) is 9.98 Å². The van der Waals surface area contributed by atoms with Crippen LogP contribution in [0, 0.1) is 0 Å². The molecule has 236 valence electrons. The minimum absolute atomic E-state index is 0.135. The molecule has 0 aromatic heterocycles. The summed E-state index contributed by atoms with van der Waals surface area (Å²) in [7, 11) is 0. The van der Waals surface area contributed by atoms with E-state index in [2.05, 4.69) is 57.0 Å². The van der Waals surface area contributed by atoms with Gasteiger partial charge in [0.15, 0.2) is 0 Å². The molecule has 0 radical (unpaired) electrons. The first-order chi connectivity index (χ1) is 23.5. The van der Waals surface area contributed by atoms with Crippen LogP contribution in [0.3, 0.4) is 0 Å². The molecule has 0 saturated carbocycles. The molecular formula is C40H32N4O4. The molecule has 8 heteroatoms. The summed E-state index contributed by atoms with van der Waals surface area (Å²) in [6.07, 6.45) is 3.67. The van der Waals surface area contributed by atoms with Gasteiger partial charge in [0.1, 0.15) is 11.5 Å². The van der Waals surface area contributed by atoms with Gasteiger partial charge in [-0.15, -0.1) is 0 Å². The van der Waals surface area contributed by atoms with Gasteiger partial charge in [-0.3, -0.25) is 19.6 Å². The number of nitrogens with zero attached hydrogens (tertiary/aromatic N) is 2. The van der Waals surface area contributed by atoms with Crippen LogP contribution in [0.1, 0.15) is 43.0 Å². The minimum atomic E-state index is -0.549. The number of phenols is 2. The van der Waals surface area contributed by atoms with Crippen molar-refractivity contribution >= 4 is 56.9 Å². The largest absolute Gasteiger partial charge is 0.507 e. The molecule has 0 atom stereocenters. The average Bonchev–Trinajstić information content (AvgIpc) is 3.11. The third kappa shape index (κ3) is 5.76. The second-order valence-corrected chi connectivity index (χ2v) is 11.5. The molecule has 0 bridgehead atoms. The number of aliphatic imine (C=N–C) groups is 2. The van der Waals surface area contributed by atoms with Gasteiger partial charge in [-0.2, -0.15) is 0 Å². The van der Waals surface area contributed by atoms with E-state index >= 15 is 0 Å². The van der Waals surface area contributed by atoms with Crippen LogP contribution in [0.4, 0.5) is 11.4 Å². The number of rotatable bonds is 10. The molecule has 0 unspecified atom stereocenters. The Balaban J connectivity index is 1.11. The van der Waals surface area contributed by atoms with Crippen LogP contribution in [-0.4, -0.2) is 60.4 Å². The SMILES string of the molecule is O=C1c2c(O)ccc(O)c2C(=O)c2c(NCCN=Cc3cccc4ccccc34)ccc(NCCN=Cc3cccc4ccccc34)c21. The van der Waals surface area contributed by atoms with Crippen LogP contribution < -0.4 is 10.6 Å². The van der Waals surface area contributed by atoms with E-state index in [9.17, 15) is 19.8 Å². The average molecular weight is 633 g/mol. The van der Waals surface area contributed by atoms with Crippen molar-refractivity contribution in [2.45, 2.75) is 0 Å². The molecule has 0 heterocycles. The summed E-state index contributed by atoms with van der Waals surface area (Å²) in [6, 6.07) is 34.3. The van der Waals surface area contributed by atoms with Crippen molar-refractivity contribution < 1.29 is 19.8 Å². The first kappa shape index (κ1) is 30.4. The topological polar surface area (TPSA) is 123 Å². The first-order valence-corrected chi connectivity index (χ1v) is 15.8. The second kappa shape index (κ2) is 13.2. The molecule has 8 nitrogen and oxygen atoms in total. The van der Waals surface area contributed by atoms with Crippen molar-refractivity contribution in [3.8, 4) is 11.5 Å². The zero-order chi connectivity index (χ0) is 33.0. The van der Waals surface area contributed by atoms with Gasteiger partial charge in [0.05, 0.1) is 35.3 Å². The van der Waals surface area contributed by atoms with Crippen molar-refractivity contribution in [3.63, 3.8) is 0 Å². The Kier molecular flexibility index (Phi) is 8.36. The third-order valence-corrected chi connectivity index (χ3v) is 8.50. The molecule has 4 N–H and O–H groups in total. The molecule has 6 aromatic rings. The third-order valence-electron chi connectivity index (χ3n) is 8.50. The number of phenolic OH excluding ortho intramolecular Hbond substituents is 2. The fourth-order valence-electron chi connectivity index (χ4n) is 6.22. The predicted molar refractivity (Wildman–Crippen MR) is 193 cm³/mol. The quantitative estimate of drug-likeness (QED) is 0.0716. The van der Waals surface area contributed by atoms with Crippen LogP contribution in [0.5, 0.6) is 11.5 Å². The fraction of sp³-hybridized carbons (Fsp3) is 0.100. The molecule has 7 rings (SSSR count). The van der Waals surface area contributed by atoms with E-state index in [0.717, 1.165) is 32.7 Å². The van der Waals surface area contributed by atoms with E-state index in [1.54, 1.807) is 12.1 Å². The summed E-state index contributed by atoms with van der Waals surface area (Å²) in [5.41, 5.74) is 2.76. The summed E-state index contributed by atoms with van der Waals surface area (Å²) in [5, 5.41) is 32.2. The van der Waals surface area contributed by atoms with Gasteiger partial charge in [0, 0.05) is 48.0 Å². The van der Waals surface area contributed by atoms with Crippen LogP contribution in [0.15, 0.2) is 119 Å². The van der Waals surface area contributed by atoms with Crippen LogP contribution >= 0.6 is 0 Å². The fourth-order valence-corrected chi connectivity index (χ4v) is 6.22. The van der Waals surface area contributed by atoms with Crippen molar-refractivity contribution in [3.05, 3.63) is 143 Å². The molecule has 1 aliphatic carbocycles. The molecule has 48 heavy (non-hydrogen) atoms. The van der Waals surface area contributed by atoms with E-state index in [1.165, 1.54) is 12.1 Å². The lowest BCUT2D eigenvalue weighted by atomic mass is 9.81. The highest BCUT2D eigenvalue weighted by Crippen LogP contribution is 2.42. The molecule has 0 fully saturated rings. The Bertz CT molecular complexity index is 2100. The van der Waals surface area contributed by atoms with Crippen LogP contribution in [0.25, 0.3) is 21.5 Å². The zero-order valence-electron chi connectivity index (χ0n) is 26.0. The maximum Gasteiger partial charge on any atom is 0.200 e. The molecule has 0 saturated heterocycles. The Morgan fingerprint density at radius 3 is 1.38 bits per heavy atom. The van der Waals surface area contributed by atoms with Crippen LogP contribution in [-0.2, 0) is 0 Å². The first-order valence-electron chi connectivity index (χ1n) is 15.8. The normalized spacial score (nSPS) is 12.6. The molecule has 0 amide bonds. The summed E-state index contributed by atoms with van der Waals surface area (Å²) in [5.74, 6) is -1.82. The van der Waals surface area contributed by atoms with Crippen molar-refractivity contribution in [2.75, 3.05) is 36.8 Å². The minimum Gasteiger partial charge on any atom is -0.507 e. The van der Waals surface area contributed by atoms with Crippen molar-refractivity contribution in [1.29, 1.82) is 0 Å². The lowest BCUT2D eigenvalue weighted by Crippen LogP contribution is -2.25. The van der Waals surface area contributed by atoms with Gasteiger partial charge in [0.2, 0.25) is 11.6 Å². The number of anilines is 2. The maximum atomic E-state index is 13.9. The number of hydrogen-bond donors (Lipinski definition) is 4. The number of hydrogen-bond acceptors (Lipinski definition) is 8. The van der Waals surface area contributed by atoms with E-state index in [-0.39, 0.29) is 33.8 Å². The molecule has 1 aliphatic rings. The van der Waals surface area contributed by atoms with E-state index in [4.69, 9.17) is 0 Å². The number of ketones is 2. The standard InChI is InChI=1S/C40H32N4O4/c45-33-17-18-34(46)38-37(33)39(47)35-31(43-21-19-41-23-27-11-5-9-25-7-1-3-13-29(25)27)15-16-32(36(35)40(38)48)44-22-20-42-24-28-12-6-10-26-8-2-4-14-30(26)28/h1-18,23-24,43-46H,19-22H2. The Labute approximate surface area is 277 Å². The lowest BCUT2D eigenvalue weighted by Gasteiger charge is -2.24. The van der Waals surface area contributed by atoms with Gasteiger partial charge < -0.3 is 20.8 Å². The second-order valence-electron chi connectivity index (χ2n) is 11.5. The Morgan fingerprint density at radius 2 is 0.917 bits per heavy atom. The van der Waals surface area contributed by atoms with E-state index in [1.807, 2.05) is 61.0 Å². The van der Waals surface area contributed by atoms with Gasteiger partial charge in [0.25, 0.3) is 0 Å². The summed E-state index contributed by atoms with van der Waals surface area (Å²) < 4.78 is 0. The monoisotopic (exact) mass is 632 g/mol. The smallest absolute Gasteiger partial charge is 0.200 e. The number of benzene rings is 6. The number of carbonyl (C=O) groups excluding carboxylic acids is 2. The highest BCUT2D eigenvalue weighted by molar-refractivity contribution is 6.33. The number of nitrogens with one attached hydrogen (secondary N) is 2. The van der Waals surface area contributed by atoms with Gasteiger partial charge >= 0.3 is 0 Å². The van der Waals surface area contributed by atoms with Gasteiger partial charge in [-0.1, -0.05) is 84.9 Å². The zero-order valence-corrected chi connectivity index (χ0v) is 26.0. The maximum absolute atomic E-state index is 13.9. The highest BCUT2D eigenvalue weighted by atomic mass is 16.3. The molecule has 6 aromatic carbocycles. The molecular weight excluding hydrogens is 600 g/mol. The van der Waals surface area contributed by atoms with Gasteiger partial charge in [-0.25, -0.2) is 0 Å².